The Bertz CT molecular complexity index is 531. The summed E-state index contributed by atoms with van der Waals surface area (Å²) in [6.45, 7) is 0. The summed E-state index contributed by atoms with van der Waals surface area (Å²) >= 11 is 5.74. The Kier molecular flexibility index (Phi) is 4.74. The molecule has 0 aliphatic rings. The molecule has 2 rings (SSSR count). The molecule has 0 fully saturated rings. The van der Waals surface area contributed by atoms with E-state index in [-0.39, 0.29) is 11.9 Å². The first kappa shape index (κ1) is 13.8. The van der Waals surface area contributed by atoms with E-state index in [2.05, 4.69) is 0 Å². The van der Waals surface area contributed by atoms with Crippen LogP contribution >= 0.6 is 11.6 Å². The third kappa shape index (κ3) is 3.67. The van der Waals surface area contributed by atoms with Gasteiger partial charge in [-0.15, -0.1) is 11.6 Å². The molecule has 0 amide bonds. The zero-order valence-corrected chi connectivity index (χ0v) is 10.9. The van der Waals surface area contributed by atoms with E-state index in [1.165, 1.54) is 12.1 Å². The summed E-state index contributed by atoms with van der Waals surface area (Å²) in [6.07, 6.45) is 0.196. The highest BCUT2D eigenvalue weighted by molar-refractivity contribution is 6.17. The molecule has 0 aromatic heterocycles. The quantitative estimate of drug-likeness (QED) is 0.722. The van der Waals surface area contributed by atoms with Crippen LogP contribution in [0.3, 0.4) is 0 Å². The van der Waals surface area contributed by atoms with Crippen molar-refractivity contribution in [2.24, 2.45) is 0 Å². The normalized spacial score (nSPS) is 12.2. The van der Waals surface area contributed by atoms with E-state index in [0.29, 0.717) is 12.3 Å². The van der Waals surface area contributed by atoms with E-state index >= 15 is 0 Å². The fourth-order valence-electron chi connectivity index (χ4n) is 1.78. The molecule has 19 heavy (non-hydrogen) atoms. The van der Waals surface area contributed by atoms with E-state index in [4.69, 9.17) is 16.3 Å². The van der Waals surface area contributed by atoms with Gasteiger partial charge >= 0.3 is 0 Å². The van der Waals surface area contributed by atoms with Gasteiger partial charge in [0, 0.05) is 18.4 Å². The molecule has 0 bridgehead atoms. The van der Waals surface area contributed by atoms with Crippen molar-refractivity contribution in [3.63, 3.8) is 0 Å². The Morgan fingerprint density at radius 1 is 1.05 bits per heavy atom. The second-order valence-corrected chi connectivity index (χ2v) is 4.45. The predicted molar refractivity (Wildman–Crippen MR) is 71.5 cm³/mol. The number of hydrogen-bond acceptors (Lipinski definition) is 1. The van der Waals surface area contributed by atoms with Gasteiger partial charge in [-0.1, -0.05) is 30.3 Å². The van der Waals surface area contributed by atoms with Gasteiger partial charge in [-0.05, 0) is 17.7 Å². The van der Waals surface area contributed by atoms with Crippen LogP contribution < -0.4 is 4.74 Å². The number of hydrogen-bond donors (Lipinski definition) is 0. The Hall–Kier alpha value is -1.61. The minimum Gasteiger partial charge on any atom is -0.483 e. The molecule has 1 unspecified atom stereocenters. The molecule has 0 aliphatic heterocycles. The molecule has 1 nitrogen and oxygen atoms in total. The van der Waals surface area contributed by atoms with Gasteiger partial charge in [0.05, 0.1) is 0 Å². The lowest BCUT2D eigenvalue weighted by Gasteiger charge is -2.19. The van der Waals surface area contributed by atoms with Crippen LogP contribution in [-0.2, 0) is 0 Å². The summed E-state index contributed by atoms with van der Waals surface area (Å²) < 4.78 is 32.0. The van der Waals surface area contributed by atoms with Gasteiger partial charge in [0.1, 0.15) is 11.9 Å². The van der Waals surface area contributed by atoms with Crippen molar-refractivity contribution < 1.29 is 13.5 Å². The van der Waals surface area contributed by atoms with Crippen molar-refractivity contribution in [2.75, 3.05) is 5.88 Å². The molecule has 2 aromatic carbocycles. The van der Waals surface area contributed by atoms with Gasteiger partial charge in [-0.3, -0.25) is 0 Å². The lowest BCUT2D eigenvalue weighted by molar-refractivity contribution is 0.193. The molecule has 0 saturated carbocycles. The lowest BCUT2D eigenvalue weighted by Crippen LogP contribution is -2.09. The molecule has 0 spiro atoms. The standard InChI is InChI=1S/C15H13ClF2O/c16-9-8-14(11-4-2-1-3-5-11)19-15-7-6-12(17)10-13(15)18/h1-7,10,14H,8-9H2. The summed E-state index contributed by atoms with van der Waals surface area (Å²) in [5.74, 6) is -0.920. The maximum absolute atomic E-state index is 13.6. The largest absolute Gasteiger partial charge is 0.483 e. The minimum absolute atomic E-state index is 0.0281. The Morgan fingerprint density at radius 2 is 1.79 bits per heavy atom. The van der Waals surface area contributed by atoms with Gasteiger partial charge < -0.3 is 4.74 Å². The van der Waals surface area contributed by atoms with Crippen LogP contribution in [0.4, 0.5) is 8.78 Å². The van der Waals surface area contributed by atoms with Crippen molar-refractivity contribution in [3.8, 4) is 5.75 Å². The maximum Gasteiger partial charge on any atom is 0.168 e. The van der Waals surface area contributed by atoms with Gasteiger partial charge in [0.25, 0.3) is 0 Å². The highest BCUT2D eigenvalue weighted by Crippen LogP contribution is 2.27. The molecular weight excluding hydrogens is 270 g/mol. The molecule has 2 aromatic rings. The third-order valence-corrected chi connectivity index (χ3v) is 2.92. The zero-order chi connectivity index (χ0) is 13.7. The summed E-state index contributed by atoms with van der Waals surface area (Å²) in [6, 6.07) is 12.7. The highest BCUT2D eigenvalue weighted by atomic mass is 35.5. The summed E-state index contributed by atoms with van der Waals surface area (Å²) in [5, 5.41) is 0. The molecule has 100 valence electrons. The van der Waals surface area contributed by atoms with Gasteiger partial charge in [-0.2, -0.15) is 0 Å². The van der Waals surface area contributed by atoms with E-state index in [1.807, 2.05) is 30.3 Å². The molecule has 0 radical (unpaired) electrons. The summed E-state index contributed by atoms with van der Waals surface area (Å²) in [7, 11) is 0. The van der Waals surface area contributed by atoms with Crippen LogP contribution in [0.2, 0.25) is 0 Å². The number of alkyl halides is 1. The zero-order valence-electron chi connectivity index (χ0n) is 10.2. The fourth-order valence-corrected chi connectivity index (χ4v) is 1.98. The van der Waals surface area contributed by atoms with Gasteiger partial charge in [-0.25, -0.2) is 8.78 Å². The summed E-state index contributed by atoms with van der Waals surface area (Å²) in [5.41, 5.74) is 0.909. The van der Waals surface area contributed by atoms with Crippen molar-refractivity contribution in [1.29, 1.82) is 0 Å². The van der Waals surface area contributed by atoms with Crippen LogP contribution in [-0.4, -0.2) is 5.88 Å². The van der Waals surface area contributed by atoms with Crippen molar-refractivity contribution in [1.82, 2.24) is 0 Å². The second kappa shape index (κ2) is 6.53. The first-order valence-corrected chi connectivity index (χ1v) is 6.47. The first-order valence-electron chi connectivity index (χ1n) is 5.93. The van der Waals surface area contributed by atoms with E-state index in [1.54, 1.807) is 0 Å². The second-order valence-electron chi connectivity index (χ2n) is 4.07. The average Bonchev–Trinajstić information content (AvgIpc) is 2.42. The first-order chi connectivity index (χ1) is 9.20. The Labute approximate surface area is 115 Å². The SMILES string of the molecule is Fc1ccc(OC(CCCl)c2ccccc2)c(F)c1. The molecule has 1 atom stereocenters. The third-order valence-electron chi connectivity index (χ3n) is 2.71. The van der Waals surface area contributed by atoms with E-state index < -0.39 is 11.6 Å². The van der Waals surface area contributed by atoms with E-state index in [9.17, 15) is 8.78 Å². The molecule has 0 saturated heterocycles. The van der Waals surface area contributed by atoms with Crippen LogP contribution in [0.5, 0.6) is 5.75 Å². The number of ether oxygens (including phenoxy) is 1. The monoisotopic (exact) mass is 282 g/mol. The highest BCUT2D eigenvalue weighted by Gasteiger charge is 2.15. The van der Waals surface area contributed by atoms with Crippen LogP contribution in [0.15, 0.2) is 48.5 Å². The van der Waals surface area contributed by atoms with Crippen LogP contribution in [0.1, 0.15) is 18.1 Å². The Balaban J connectivity index is 2.21. The number of rotatable bonds is 5. The minimum atomic E-state index is -0.712. The molecule has 0 heterocycles. The van der Waals surface area contributed by atoms with Crippen LogP contribution in [0.25, 0.3) is 0 Å². The Morgan fingerprint density at radius 3 is 2.42 bits per heavy atom. The van der Waals surface area contributed by atoms with E-state index in [0.717, 1.165) is 11.6 Å². The number of halogens is 3. The van der Waals surface area contributed by atoms with Crippen LogP contribution in [0, 0.1) is 11.6 Å². The predicted octanol–water partition coefficient (Wildman–Crippen LogP) is 4.71. The molecular formula is C15H13ClF2O. The average molecular weight is 283 g/mol. The summed E-state index contributed by atoms with van der Waals surface area (Å²) in [4.78, 5) is 0. The molecule has 0 aliphatic carbocycles. The van der Waals surface area contributed by atoms with Crippen molar-refractivity contribution >= 4 is 11.6 Å². The molecule has 4 heteroatoms. The van der Waals surface area contributed by atoms with Gasteiger partial charge in [0.15, 0.2) is 11.6 Å². The maximum atomic E-state index is 13.6. The number of benzene rings is 2. The van der Waals surface area contributed by atoms with Crippen molar-refractivity contribution in [2.45, 2.75) is 12.5 Å². The topological polar surface area (TPSA) is 9.23 Å². The van der Waals surface area contributed by atoms with Crippen molar-refractivity contribution in [3.05, 3.63) is 65.7 Å². The van der Waals surface area contributed by atoms with Gasteiger partial charge in [0.2, 0.25) is 0 Å². The smallest absolute Gasteiger partial charge is 0.168 e. The lowest BCUT2D eigenvalue weighted by atomic mass is 10.1. The molecule has 0 N–H and O–H groups in total. The fraction of sp³-hybridized carbons (Fsp3) is 0.200.